The summed E-state index contributed by atoms with van der Waals surface area (Å²) in [6.07, 6.45) is 1.63. The summed E-state index contributed by atoms with van der Waals surface area (Å²) in [4.78, 5) is 26.4. The number of nitrogens with one attached hydrogen (secondary N) is 1. The molecule has 3 aromatic rings. The number of carbonyl (C=O) groups excluding carboxylic acids is 1. The van der Waals surface area contributed by atoms with Crippen LogP contribution in [-0.4, -0.2) is 22.4 Å². The van der Waals surface area contributed by atoms with E-state index >= 15 is 0 Å². The fraction of sp³-hybridized carbons (Fsp3) is 0.111. The number of hydrogen-bond acceptors (Lipinski definition) is 5. The van der Waals surface area contributed by atoms with Gasteiger partial charge in [-0.2, -0.15) is 0 Å². The highest BCUT2D eigenvalue weighted by atomic mass is 35.5. The van der Waals surface area contributed by atoms with Crippen molar-refractivity contribution in [1.82, 2.24) is 10.3 Å². The van der Waals surface area contributed by atoms with Crippen LogP contribution >= 0.6 is 11.6 Å². The topological polar surface area (TPSA) is 94.4 Å². The molecule has 132 valence electrons. The van der Waals surface area contributed by atoms with E-state index in [0.717, 1.165) is 10.9 Å². The van der Waals surface area contributed by atoms with Gasteiger partial charge in [-0.15, -0.1) is 0 Å². The van der Waals surface area contributed by atoms with Crippen LogP contribution < -0.4 is 10.1 Å². The van der Waals surface area contributed by atoms with E-state index in [1.807, 2.05) is 6.07 Å². The highest BCUT2D eigenvalue weighted by Gasteiger charge is 2.09. The molecule has 0 saturated heterocycles. The largest absolute Gasteiger partial charge is 0.481 e. The molecule has 8 heteroatoms. The maximum absolute atomic E-state index is 12.0. The fourth-order valence-electron chi connectivity index (χ4n) is 2.36. The summed E-state index contributed by atoms with van der Waals surface area (Å²) in [5, 5.41) is 14.6. The Morgan fingerprint density at radius 3 is 2.69 bits per heavy atom. The number of fused-ring (bicyclic) bond motifs is 1. The van der Waals surface area contributed by atoms with Crippen LogP contribution in [0.4, 0.5) is 5.69 Å². The number of amides is 1. The average Bonchev–Trinajstić information content (AvgIpc) is 2.66. The monoisotopic (exact) mass is 371 g/mol. The SMILES string of the molecule is O=C(COc1ccc(Cl)c2cccnc12)NCc1ccc([N+](=O)[O-])cc1. The van der Waals surface area contributed by atoms with Crippen LogP contribution in [0, 0.1) is 10.1 Å². The van der Waals surface area contributed by atoms with Crippen molar-refractivity contribution in [2.45, 2.75) is 6.54 Å². The summed E-state index contributed by atoms with van der Waals surface area (Å²) in [6, 6.07) is 12.9. The Morgan fingerprint density at radius 1 is 1.19 bits per heavy atom. The average molecular weight is 372 g/mol. The quantitative estimate of drug-likeness (QED) is 0.528. The molecule has 0 aliphatic heterocycles. The minimum absolute atomic E-state index is 0.00512. The van der Waals surface area contributed by atoms with Crippen LogP contribution in [0.5, 0.6) is 5.75 Å². The number of rotatable bonds is 6. The van der Waals surface area contributed by atoms with Crippen molar-refractivity contribution >= 4 is 34.1 Å². The third kappa shape index (κ3) is 4.07. The minimum atomic E-state index is -0.472. The molecule has 0 aliphatic carbocycles. The van der Waals surface area contributed by atoms with Gasteiger partial charge in [-0.1, -0.05) is 23.7 Å². The van der Waals surface area contributed by atoms with Gasteiger partial charge in [0.1, 0.15) is 11.3 Å². The van der Waals surface area contributed by atoms with E-state index < -0.39 is 4.92 Å². The Balaban J connectivity index is 1.58. The molecule has 1 heterocycles. The van der Waals surface area contributed by atoms with Crippen molar-refractivity contribution in [1.29, 1.82) is 0 Å². The van der Waals surface area contributed by atoms with Crippen molar-refractivity contribution in [3.8, 4) is 5.75 Å². The molecular weight excluding hydrogens is 358 g/mol. The number of benzene rings is 2. The van der Waals surface area contributed by atoms with E-state index in [4.69, 9.17) is 16.3 Å². The number of nitro groups is 1. The lowest BCUT2D eigenvalue weighted by molar-refractivity contribution is -0.384. The summed E-state index contributed by atoms with van der Waals surface area (Å²) in [7, 11) is 0. The van der Waals surface area contributed by atoms with Crippen molar-refractivity contribution in [3.05, 3.63) is 75.4 Å². The minimum Gasteiger partial charge on any atom is -0.481 e. The van der Waals surface area contributed by atoms with E-state index in [-0.39, 0.29) is 24.7 Å². The third-order valence-electron chi connectivity index (χ3n) is 3.68. The first kappa shape index (κ1) is 17.6. The van der Waals surface area contributed by atoms with Gasteiger partial charge in [0.05, 0.1) is 9.95 Å². The molecule has 0 bridgehead atoms. The predicted octanol–water partition coefficient (Wildman–Crippen LogP) is 3.49. The molecular formula is C18H14ClN3O4. The van der Waals surface area contributed by atoms with Crippen LogP contribution in [0.1, 0.15) is 5.56 Å². The molecule has 0 atom stereocenters. The highest BCUT2D eigenvalue weighted by Crippen LogP contribution is 2.29. The number of nitrogens with zero attached hydrogens (tertiary/aromatic N) is 2. The lowest BCUT2D eigenvalue weighted by Gasteiger charge is -2.10. The maximum Gasteiger partial charge on any atom is 0.269 e. The first-order valence-corrected chi connectivity index (χ1v) is 8.08. The number of nitro benzene ring substituents is 1. The van der Waals surface area contributed by atoms with Gasteiger partial charge in [-0.05, 0) is 29.8 Å². The molecule has 1 N–H and O–H groups in total. The number of pyridine rings is 1. The number of non-ortho nitro benzene ring substituents is 1. The Bertz CT molecular complexity index is 960. The zero-order chi connectivity index (χ0) is 18.5. The standard InChI is InChI=1S/C18H14ClN3O4/c19-15-7-8-16(18-14(15)2-1-9-20-18)26-11-17(23)21-10-12-3-5-13(6-4-12)22(24)25/h1-9H,10-11H2,(H,21,23). The van der Waals surface area contributed by atoms with Gasteiger partial charge in [0.2, 0.25) is 0 Å². The molecule has 3 rings (SSSR count). The molecule has 7 nitrogen and oxygen atoms in total. The van der Waals surface area contributed by atoms with Crippen LogP contribution in [0.25, 0.3) is 10.9 Å². The van der Waals surface area contributed by atoms with Gasteiger partial charge in [0.15, 0.2) is 6.61 Å². The molecule has 0 aliphatic rings. The second kappa shape index (κ2) is 7.79. The first-order valence-electron chi connectivity index (χ1n) is 7.70. The smallest absolute Gasteiger partial charge is 0.269 e. The van der Waals surface area contributed by atoms with Gasteiger partial charge < -0.3 is 10.1 Å². The zero-order valence-corrected chi connectivity index (χ0v) is 14.3. The Morgan fingerprint density at radius 2 is 1.96 bits per heavy atom. The van der Waals surface area contributed by atoms with E-state index in [2.05, 4.69) is 10.3 Å². The fourth-order valence-corrected chi connectivity index (χ4v) is 2.57. The van der Waals surface area contributed by atoms with E-state index in [0.29, 0.717) is 16.3 Å². The molecule has 26 heavy (non-hydrogen) atoms. The number of ether oxygens (including phenoxy) is 1. The number of carbonyl (C=O) groups is 1. The summed E-state index contributed by atoms with van der Waals surface area (Å²) in [6.45, 7) is 0.0695. The number of aromatic nitrogens is 1. The summed E-state index contributed by atoms with van der Waals surface area (Å²) in [5.74, 6) is 0.151. The van der Waals surface area contributed by atoms with Crippen molar-refractivity contribution < 1.29 is 14.5 Å². The molecule has 0 fully saturated rings. The van der Waals surface area contributed by atoms with Crippen LogP contribution in [-0.2, 0) is 11.3 Å². The van der Waals surface area contributed by atoms with Crippen molar-refractivity contribution in [2.75, 3.05) is 6.61 Å². The van der Waals surface area contributed by atoms with Crippen LogP contribution in [0.2, 0.25) is 5.02 Å². The van der Waals surface area contributed by atoms with Crippen molar-refractivity contribution in [3.63, 3.8) is 0 Å². The van der Waals surface area contributed by atoms with Gasteiger partial charge in [0, 0.05) is 30.3 Å². The normalized spacial score (nSPS) is 10.5. The predicted molar refractivity (Wildman–Crippen MR) is 97.2 cm³/mol. The molecule has 0 saturated carbocycles. The number of hydrogen-bond donors (Lipinski definition) is 1. The van der Waals surface area contributed by atoms with Gasteiger partial charge in [-0.25, -0.2) is 0 Å². The second-order valence-electron chi connectivity index (χ2n) is 5.43. The summed E-state index contributed by atoms with van der Waals surface area (Å²) in [5.41, 5.74) is 1.34. The molecule has 1 amide bonds. The number of halogens is 1. The molecule has 2 aromatic carbocycles. The molecule has 0 radical (unpaired) electrons. The van der Waals surface area contributed by atoms with Crippen LogP contribution in [0.15, 0.2) is 54.7 Å². The lowest BCUT2D eigenvalue weighted by atomic mass is 10.2. The Kier molecular flexibility index (Phi) is 5.28. The van der Waals surface area contributed by atoms with Gasteiger partial charge in [0.25, 0.3) is 11.6 Å². The highest BCUT2D eigenvalue weighted by molar-refractivity contribution is 6.35. The van der Waals surface area contributed by atoms with E-state index in [1.165, 1.54) is 12.1 Å². The first-order chi connectivity index (χ1) is 12.5. The van der Waals surface area contributed by atoms with E-state index in [9.17, 15) is 14.9 Å². The van der Waals surface area contributed by atoms with Gasteiger partial charge in [-0.3, -0.25) is 19.9 Å². The lowest BCUT2D eigenvalue weighted by Crippen LogP contribution is -2.28. The van der Waals surface area contributed by atoms with Crippen molar-refractivity contribution in [2.24, 2.45) is 0 Å². The second-order valence-corrected chi connectivity index (χ2v) is 5.84. The Labute approximate surface area is 153 Å². The van der Waals surface area contributed by atoms with Crippen LogP contribution in [0.3, 0.4) is 0 Å². The molecule has 1 aromatic heterocycles. The summed E-state index contributed by atoms with van der Waals surface area (Å²) < 4.78 is 5.55. The maximum atomic E-state index is 12.0. The summed E-state index contributed by atoms with van der Waals surface area (Å²) >= 11 is 6.12. The van der Waals surface area contributed by atoms with E-state index in [1.54, 1.807) is 36.5 Å². The molecule has 0 spiro atoms. The van der Waals surface area contributed by atoms with Gasteiger partial charge >= 0.3 is 0 Å². The third-order valence-corrected chi connectivity index (χ3v) is 4.00. The Hall–Kier alpha value is -3.19. The zero-order valence-electron chi connectivity index (χ0n) is 13.5. The molecule has 0 unspecified atom stereocenters.